The summed E-state index contributed by atoms with van der Waals surface area (Å²) < 4.78 is 1.87. The standard InChI is InChI=1S/C24H21N3O6/c28-22(29)14-2-1-13-3-4-19(17(13)9-14)27-7-5-16-20(10-15(23(30)31)11-21(16)27)26-8-6-25-18(12-26)24(32)33/h1-2,4-5,7,9-11,18,25H,3,6,8,12H2,(H,28,29)(H,30,31)(H,32,33). The van der Waals surface area contributed by atoms with Crippen molar-refractivity contribution in [3.63, 3.8) is 0 Å². The molecule has 9 nitrogen and oxygen atoms in total. The molecule has 5 rings (SSSR count). The summed E-state index contributed by atoms with van der Waals surface area (Å²) in [5.74, 6) is -3.04. The molecule has 33 heavy (non-hydrogen) atoms. The van der Waals surface area contributed by atoms with Crippen molar-refractivity contribution in [3.8, 4) is 0 Å². The van der Waals surface area contributed by atoms with E-state index in [0.29, 0.717) is 30.7 Å². The maximum Gasteiger partial charge on any atom is 0.335 e. The van der Waals surface area contributed by atoms with Crippen LogP contribution in [0.4, 0.5) is 5.69 Å². The van der Waals surface area contributed by atoms with Gasteiger partial charge >= 0.3 is 17.9 Å². The van der Waals surface area contributed by atoms with Crippen LogP contribution in [0.25, 0.3) is 16.6 Å². The highest BCUT2D eigenvalue weighted by Gasteiger charge is 2.28. The van der Waals surface area contributed by atoms with Crippen LogP contribution in [0.3, 0.4) is 0 Å². The van der Waals surface area contributed by atoms with E-state index in [-0.39, 0.29) is 17.7 Å². The molecule has 0 spiro atoms. The van der Waals surface area contributed by atoms with Gasteiger partial charge in [0.25, 0.3) is 0 Å². The average molecular weight is 447 g/mol. The number of hydrogen-bond acceptors (Lipinski definition) is 5. The smallest absolute Gasteiger partial charge is 0.335 e. The number of aliphatic carboxylic acids is 1. The zero-order valence-electron chi connectivity index (χ0n) is 17.5. The Balaban J connectivity index is 1.64. The number of carbonyl (C=O) groups is 3. The number of anilines is 1. The van der Waals surface area contributed by atoms with E-state index in [1.807, 2.05) is 27.8 Å². The van der Waals surface area contributed by atoms with Crippen LogP contribution in [-0.4, -0.2) is 63.5 Å². The van der Waals surface area contributed by atoms with Crippen LogP contribution in [-0.2, 0) is 11.2 Å². The molecule has 4 N–H and O–H groups in total. The van der Waals surface area contributed by atoms with E-state index in [2.05, 4.69) is 5.32 Å². The van der Waals surface area contributed by atoms with Crippen LogP contribution in [0.15, 0.2) is 48.7 Å². The van der Waals surface area contributed by atoms with Crippen molar-refractivity contribution < 1.29 is 29.7 Å². The summed E-state index contributed by atoms with van der Waals surface area (Å²) in [4.78, 5) is 36.8. The van der Waals surface area contributed by atoms with E-state index in [1.54, 1.807) is 30.3 Å². The topological polar surface area (TPSA) is 132 Å². The summed E-state index contributed by atoms with van der Waals surface area (Å²) in [6.07, 6.45) is 4.48. The first-order valence-corrected chi connectivity index (χ1v) is 10.5. The highest BCUT2D eigenvalue weighted by atomic mass is 16.4. The molecule has 1 fully saturated rings. The van der Waals surface area contributed by atoms with Crippen molar-refractivity contribution in [3.05, 3.63) is 70.9 Å². The zero-order chi connectivity index (χ0) is 23.3. The Labute approximate surface area is 188 Å². The number of benzene rings is 2. The number of carboxylic acids is 3. The number of nitrogens with one attached hydrogen (secondary N) is 1. The van der Waals surface area contributed by atoms with Crippen LogP contribution >= 0.6 is 0 Å². The van der Waals surface area contributed by atoms with Gasteiger partial charge in [-0.1, -0.05) is 12.1 Å². The molecular formula is C24H21N3O6. The molecule has 9 heteroatoms. The summed E-state index contributed by atoms with van der Waals surface area (Å²) in [6, 6.07) is 9.33. The first kappa shape index (κ1) is 20.8. The fourth-order valence-corrected chi connectivity index (χ4v) is 4.62. The Morgan fingerprint density at radius 3 is 2.48 bits per heavy atom. The molecular weight excluding hydrogens is 426 g/mol. The molecule has 1 aliphatic carbocycles. The normalized spacial score (nSPS) is 17.6. The molecule has 0 amide bonds. The molecule has 3 aromatic rings. The number of nitrogens with zero attached hydrogens (tertiary/aromatic N) is 2. The quantitative estimate of drug-likeness (QED) is 0.469. The predicted molar refractivity (Wildman–Crippen MR) is 121 cm³/mol. The summed E-state index contributed by atoms with van der Waals surface area (Å²) in [6.45, 7) is 1.22. The molecule has 0 radical (unpaired) electrons. The first-order valence-electron chi connectivity index (χ1n) is 10.5. The third-order valence-electron chi connectivity index (χ3n) is 6.25. The van der Waals surface area contributed by atoms with Crippen molar-refractivity contribution in [2.24, 2.45) is 0 Å². The van der Waals surface area contributed by atoms with Gasteiger partial charge in [0.1, 0.15) is 6.04 Å². The van der Waals surface area contributed by atoms with Crippen LogP contribution in [0.1, 0.15) is 31.8 Å². The second kappa shape index (κ2) is 7.79. The van der Waals surface area contributed by atoms with Crippen LogP contribution < -0.4 is 10.2 Å². The monoisotopic (exact) mass is 447 g/mol. The van der Waals surface area contributed by atoms with Gasteiger partial charge in [-0.15, -0.1) is 0 Å². The van der Waals surface area contributed by atoms with Gasteiger partial charge in [0, 0.05) is 48.2 Å². The number of aromatic nitrogens is 1. The summed E-state index contributed by atoms with van der Waals surface area (Å²) in [5.41, 5.74) is 4.19. The minimum absolute atomic E-state index is 0.0981. The largest absolute Gasteiger partial charge is 0.480 e. The maximum atomic E-state index is 11.9. The van der Waals surface area contributed by atoms with Gasteiger partial charge in [-0.05, 0) is 42.3 Å². The molecule has 0 saturated carbocycles. The average Bonchev–Trinajstić information content (AvgIpc) is 3.41. The van der Waals surface area contributed by atoms with E-state index >= 15 is 0 Å². The van der Waals surface area contributed by atoms with Gasteiger partial charge < -0.3 is 30.1 Å². The van der Waals surface area contributed by atoms with Crippen LogP contribution in [0, 0.1) is 0 Å². The maximum absolute atomic E-state index is 11.9. The Hall–Kier alpha value is -4.11. The lowest BCUT2D eigenvalue weighted by molar-refractivity contribution is -0.139. The Kier molecular flexibility index (Phi) is 4.90. The molecule has 2 heterocycles. The van der Waals surface area contributed by atoms with E-state index in [1.165, 1.54) is 0 Å². The Morgan fingerprint density at radius 2 is 1.76 bits per heavy atom. The number of aromatic carboxylic acids is 2. The van der Waals surface area contributed by atoms with Crippen molar-refractivity contribution in [1.29, 1.82) is 0 Å². The lowest BCUT2D eigenvalue weighted by atomic mass is 10.0. The van der Waals surface area contributed by atoms with Gasteiger partial charge in [0.15, 0.2) is 0 Å². The molecule has 2 aromatic carbocycles. The highest BCUT2D eigenvalue weighted by molar-refractivity contribution is 6.02. The third-order valence-corrected chi connectivity index (χ3v) is 6.25. The lowest BCUT2D eigenvalue weighted by Gasteiger charge is -2.34. The van der Waals surface area contributed by atoms with E-state index in [4.69, 9.17) is 0 Å². The van der Waals surface area contributed by atoms with Gasteiger partial charge in [0.2, 0.25) is 0 Å². The molecule has 0 bridgehead atoms. The zero-order valence-corrected chi connectivity index (χ0v) is 17.5. The van der Waals surface area contributed by atoms with Crippen molar-refractivity contribution in [2.45, 2.75) is 12.5 Å². The summed E-state index contributed by atoms with van der Waals surface area (Å²) >= 11 is 0. The predicted octanol–water partition coefficient (Wildman–Crippen LogP) is 2.35. The first-order chi connectivity index (χ1) is 15.8. The fraction of sp³-hybridized carbons (Fsp3) is 0.208. The molecule has 1 aliphatic heterocycles. The van der Waals surface area contributed by atoms with Gasteiger partial charge in [-0.25, -0.2) is 9.59 Å². The molecule has 2 aliphatic rings. The Morgan fingerprint density at radius 1 is 0.970 bits per heavy atom. The van der Waals surface area contributed by atoms with E-state index < -0.39 is 23.9 Å². The van der Waals surface area contributed by atoms with Crippen molar-refractivity contribution in [1.82, 2.24) is 9.88 Å². The SMILES string of the molecule is O=C(O)c1ccc2c(c1)C(n1ccc3c(N4CCNC(C(=O)O)C4)cc(C(=O)O)cc31)=CC2. The molecule has 168 valence electrons. The number of hydrogen-bond donors (Lipinski definition) is 4. The van der Waals surface area contributed by atoms with Gasteiger partial charge in [-0.3, -0.25) is 4.79 Å². The third kappa shape index (κ3) is 3.52. The molecule has 1 saturated heterocycles. The number of fused-ring (bicyclic) bond motifs is 2. The van der Waals surface area contributed by atoms with Crippen molar-refractivity contribution >= 4 is 40.2 Å². The minimum Gasteiger partial charge on any atom is -0.480 e. The Bertz CT molecular complexity index is 1360. The van der Waals surface area contributed by atoms with E-state index in [0.717, 1.165) is 22.2 Å². The lowest BCUT2D eigenvalue weighted by Crippen LogP contribution is -2.54. The highest BCUT2D eigenvalue weighted by Crippen LogP contribution is 2.36. The van der Waals surface area contributed by atoms with Crippen LogP contribution in [0.2, 0.25) is 0 Å². The summed E-state index contributed by atoms with van der Waals surface area (Å²) in [5, 5.41) is 32.3. The van der Waals surface area contributed by atoms with Gasteiger partial charge in [0.05, 0.1) is 16.6 Å². The number of rotatable bonds is 5. The van der Waals surface area contributed by atoms with Crippen LogP contribution in [0.5, 0.6) is 0 Å². The molecule has 1 atom stereocenters. The summed E-state index contributed by atoms with van der Waals surface area (Å²) in [7, 11) is 0. The van der Waals surface area contributed by atoms with E-state index in [9.17, 15) is 29.7 Å². The fourth-order valence-electron chi connectivity index (χ4n) is 4.62. The number of allylic oxidation sites excluding steroid dienone is 1. The van der Waals surface area contributed by atoms with Crippen molar-refractivity contribution in [2.75, 3.05) is 24.5 Å². The second-order valence-corrected chi connectivity index (χ2v) is 8.18. The second-order valence-electron chi connectivity index (χ2n) is 8.18. The van der Waals surface area contributed by atoms with Gasteiger partial charge in [-0.2, -0.15) is 0 Å². The molecule has 1 aromatic heterocycles. The minimum atomic E-state index is -1.08. The number of carboxylic acid groups (broad SMARTS) is 3. The number of piperazine rings is 1. The molecule has 1 unspecified atom stereocenters.